The summed E-state index contributed by atoms with van der Waals surface area (Å²) in [6.07, 6.45) is 0. The number of anilines is 3. The molecule has 12 rings (SSSR count). The lowest BCUT2D eigenvalue weighted by Gasteiger charge is -2.26. The van der Waals surface area contributed by atoms with Gasteiger partial charge in [0.15, 0.2) is 0 Å². The highest BCUT2D eigenvalue weighted by Gasteiger charge is 2.16. The zero-order valence-corrected chi connectivity index (χ0v) is 35.0. The minimum atomic E-state index is 0.876. The molecule has 11 aromatic carbocycles. The molecule has 2 nitrogen and oxygen atoms in total. The minimum absolute atomic E-state index is 0.876. The van der Waals surface area contributed by atoms with Crippen LogP contribution in [-0.4, -0.2) is 0 Å². The summed E-state index contributed by atoms with van der Waals surface area (Å²) in [7, 11) is 0. The van der Waals surface area contributed by atoms with E-state index in [-0.39, 0.29) is 0 Å². The van der Waals surface area contributed by atoms with E-state index in [4.69, 9.17) is 4.42 Å². The Hall–Kier alpha value is -8.46. The van der Waals surface area contributed by atoms with Crippen LogP contribution in [-0.2, 0) is 0 Å². The molecule has 0 aliphatic carbocycles. The van der Waals surface area contributed by atoms with Crippen molar-refractivity contribution < 1.29 is 4.42 Å². The van der Waals surface area contributed by atoms with E-state index in [2.05, 4.69) is 235 Å². The molecule has 0 spiro atoms. The molecule has 2 heteroatoms. The third-order valence-corrected chi connectivity index (χ3v) is 12.6. The average molecular weight is 816 g/mol. The maximum atomic E-state index is 6.23. The van der Waals surface area contributed by atoms with Gasteiger partial charge >= 0.3 is 0 Å². The molecule has 64 heavy (non-hydrogen) atoms. The first-order chi connectivity index (χ1) is 31.7. The molecule has 0 atom stereocenters. The molecule has 1 aromatic heterocycles. The van der Waals surface area contributed by atoms with E-state index in [0.717, 1.165) is 44.9 Å². The van der Waals surface area contributed by atoms with Gasteiger partial charge in [0.1, 0.15) is 11.3 Å². The van der Waals surface area contributed by atoms with Crippen molar-refractivity contribution in [1.29, 1.82) is 0 Å². The Bertz CT molecular complexity index is 3620. The maximum absolute atomic E-state index is 6.23. The van der Waals surface area contributed by atoms with Crippen LogP contribution in [0.2, 0.25) is 0 Å². The van der Waals surface area contributed by atoms with Crippen molar-refractivity contribution in [2.75, 3.05) is 4.90 Å². The van der Waals surface area contributed by atoms with Gasteiger partial charge in [-0.2, -0.15) is 0 Å². The van der Waals surface area contributed by atoms with Crippen LogP contribution >= 0.6 is 0 Å². The largest absolute Gasteiger partial charge is 0.456 e. The first kappa shape index (κ1) is 37.3. The summed E-state index contributed by atoms with van der Waals surface area (Å²) in [5.41, 5.74) is 14.8. The van der Waals surface area contributed by atoms with E-state index in [0.29, 0.717) is 0 Å². The number of hydrogen-bond acceptors (Lipinski definition) is 2. The van der Waals surface area contributed by atoms with Gasteiger partial charge in [0, 0.05) is 28.0 Å². The molecule has 0 aliphatic heterocycles. The Kier molecular flexibility index (Phi) is 9.20. The molecule has 0 saturated heterocycles. The monoisotopic (exact) mass is 815 g/mol. The van der Waals surface area contributed by atoms with E-state index < -0.39 is 0 Å². The molecule has 0 radical (unpaired) electrons. The summed E-state index contributed by atoms with van der Waals surface area (Å²) in [5, 5.41) is 8.54. The highest BCUT2D eigenvalue weighted by molar-refractivity contribution is 6.08. The molecule has 0 amide bonds. The molecule has 0 unspecified atom stereocenters. The second-order valence-electron chi connectivity index (χ2n) is 16.5. The highest BCUT2D eigenvalue weighted by Crippen LogP contribution is 2.41. The second kappa shape index (κ2) is 15.8. The van der Waals surface area contributed by atoms with Gasteiger partial charge in [-0.25, -0.2) is 0 Å². The van der Waals surface area contributed by atoms with E-state index in [1.807, 2.05) is 18.2 Å². The SMILES string of the molecule is c1ccc(-c2ccccc2-c2ccc(N(c3ccc(-c4ccc5c(ccc6ccccc65)c4)cc3)c3ccc4cc(-c5cccc(-c6cc7ccccc7o6)c5)ccc4c3)cc2)cc1. The zero-order chi connectivity index (χ0) is 42.4. The van der Waals surface area contributed by atoms with Crippen LogP contribution in [0.3, 0.4) is 0 Å². The Morgan fingerprint density at radius 1 is 0.250 bits per heavy atom. The van der Waals surface area contributed by atoms with Gasteiger partial charge in [0.25, 0.3) is 0 Å². The lowest BCUT2D eigenvalue weighted by molar-refractivity contribution is 0.631. The van der Waals surface area contributed by atoms with Gasteiger partial charge in [-0.15, -0.1) is 0 Å². The first-order valence-corrected chi connectivity index (χ1v) is 21.9. The van der Waals surface area contributed by atoms with Crippen LogP contribution in [0.25, 0.3) is 99.1 Å². The van der Waals surface area contributed by atoms with Crippen molar-refractivity contribution in [1.82, 2.24) is 0 Å². The van der Waals surface area contributed by atoms with Crippen LogP contribution < -0.4 is 4.90 Å². The number of fused-ring (bicyclic) bond motifs is 5. The van der Waals surface area contributed by atoms with Crippen molar-refractivity contribution in [3.63, 3.8) is 0 Å². The van der Waals surface area contributed by atoms with Gasteiger partial charge in [-0.05, 0) is 144 Å². The predicted molar refractivity (Wildman–Crippen MR) is 271 cm³/mol. The molecule has 0 saturated carbocycles. The number of para-hydroxylation sites is 1. The Balaban J connectivity index is 0.910. The lowest BCUT2D eigenvalue weighted by Crippen LogP contribution is -2.09. The minimum Gasteiger partial charge on any atom is -0.456 e. The summed E-state index contributed by atoms with van der Waals surface area (Å²) in [6.45, 7) is 0. The summed E-state index contributed by atoms with van der Waals surface area (Å²) < 4.78 is 6.23. The molecule has 0 bridgehead atoms. The van der Waals surface area contributed by atoms with Crippen LogP contribution in [0.4, 0.5) is 17.1 Å². The zero-order valence-electron chi connectivity index (χ0n) is 35.0. The summed E-state index contributed by atoms with van der Waals surface area (Å²) >= 11 is 0. The Labute approximate surface area is 372 Å². The highest BCUT2D eigenvalue weighted by atomic mass is 16.3. The van der Waals surface area contributed by atoms with Crippen LogP contribution in [0.5, 0.6) is 0 Å². The molecular formula is C62H41NO. The summed E-state index contributed by atoms with van der Waals surface area (Å²) in [6, 6.07) is 89.7. The first-order valence-electron chi connectivity index (χ1n) is 21.9. The molecule has 1 heterocycles. The third-order valence-electron chi connectivity index (χ3n) is 12.6. The molecule has 0 N–H and O–H groups in total. The van der Waals surface area contributed by atoms with E-state index in [1.165, 1.54) is 71.3 Å². The van der Waals surface area contributed by atoms with E-state index in [1.54, 1.807) is 0 Å². The van der Waals surface area contributed by atoms with Crippen molar-refractivity contribution in [2.45, 2.75) is 0 Å². The van der Waals surface area contributed by atoms with Crippen molar-refractivity contribution in [3.8, 4) is 55.8 Å². The number of benzene rings is 11. The topological polar surface area (TPSA) is 16.4 Å². The molecule has 0 fully saturated rings. The number of nitrogens with zero attached hydrogens (tertiary/aromatic N) is 1. The van der Waals surface area contributed by atoms with Gasteiger partial charge in [-0.3, -0.25) is 0 Å². The Morgan fingerprint density at radius 3 is 1.55 bits per heavy atom. The van der Waals surface area contributed by atoms with Gasteiger partial charge in [-0.1, -0.05) is 182 Å². The standard InChI is InChI=1S/C62H41NO/c1-2-11-43(12-3-1)57-18-7-8-19-59(57)45-27-33-55(34-28-45)63(54-31-25-42(26-32-54)47-30-36-60-51(38-47)24-21-44-13-4-6-17-58(44)60)56-35-29-49-37-48(22-23-50(49)40-56)46-15-10-16-52(39-46)62-41-53-14-5-9-20-61(53)64-62/h1-41H. The van der Waals surface area contributed by atoms with Crippen molar-refractivity contribution >= 4 is 60.3 Å². The van der Waals surface area contributed by atoms with E-state index in [9.17, 15) is 0 Å². The van der Waals surface area contributed by atoms with Crippen LogP contribution in [0, 0.1) is 0 Å². The lowest BCUT2D eigenvalue weighted by atomic mass is 9.94. The number of furan rings is 1. The quantitative estimate of drug-likeness (QED) is 0.142. The smallest absolute Gasteiger partial charge is 0.135 e. The van der Waals surface area contributed by atoms with Crippen LogP contribution in [0.1, 0.15) is 0 Å². The fraction of sp³-hybridized carbons (Fsp3) is 0. The molecule has 12 aromatic rings. The number of hydrogen-bond donors (Lipinski definition) is 0. The second-order valence-corrected chi connectivity index (χ2v) is 16.5. The fourth-order valence-electron chi connectivity index (χ4n) is 9.37. The normalized spacial score (nSPS) is 11.4. The fourth-order valence-corrected chi connectivity index (χ4v) is 9.37. The van der Waals surface area contributed by atoms with Crippen molar-refractivity contribution in [2.24, 2.45) is 0 Å². The number of rotatable bonds is 8. The van der Waals surface area contributed by atoms with E-state index >= 15 is 0 Å². The Morgan fingerprint density at radius 2 is 0.750 bits per heavy atom. The van der Waals surface area contributed by atoms with Gasteiger partial charge < -0.3 is 9.32 Å². The molecule has 0 aliphatic rings. The summed E-state index contributed by atoms with van der Waals surface area (Å²) in [5.74, 6) is 0.876. The van der Waals surface area contributed by atoms with Crippen LogP contribution in [0.15, 0.2) is 253 Å². The molecule has 300 valence electrons. The maximum Gasteiger partial charge on any atom is 0.135 e. The predicted octanol–water partition coefficient (Wildman–Crippen LogP) is 17.7. The summed E-state index contributed by atoms with van der Waals surface area (Å²) in [4.78, 5) is 2.37. The van der Waals surface area contributed by atoms with Gasteiger partial charge in [0.2, 0.25) is 0 Å². The molecular weight excluding hydrogens is 775 g/mol. The average Bonchev–Trinajstić information content (AvgIpc) is 3.82. The van der Waals surface area contributed by atoms with Crippen molar-refractivity contribution in [3.05, 3.63) is 249 Å². The van der Waals surface area contributed by atoms with Gasteiger partial charge in [0.05, 0.1) is 0 Å². The third kappa shape index (κ3) is 6.88.